The average Bonchev–Trinajstić information content (AvgIpc) is 2.45. The van der Waals surface area contributed by atoms with E-state index in [-0.39, 0.29) is 6.10 Å². The summed E-state index contributed by atoms with van der Waals surface area (Å²) >= 11 is 0. The highest BCUT2D eigenvalue weighted by molar-refractivity contribution is 5.68. The van der Waals surface area contributed by atoms with Crippen LogP contribution < -0.4 is 15.4 Å². The van der Waals surface area contributed by atoms with E-state index in [2.05, 4.69) is 10.6 Å². The van der Waals surface area contributed by atoms with Gasteiger partial charge in [-0.1, -0.05) is 6.07 Å². The van der Waals surface area contributed by atoms with E-state index in [1.807, 2.05) is 12.1 Å². The van der Waals surface area contributed by atoms with Gasteiger partial charge in [-0.25, -0.2) is 4.79 Å². The number of ether oxygens (including phenoxy) is 2. The number of anilines is 1. The highest BCUT2D eigenvalue weighted by atomic mass is 16.6. The summed E-state index contributed by atoms with van der Waals surface area (Å²) in [5.41, 5.74) is 0.736. The van der Waals surface area contributed by atoms with E-state index in [0.29, 0.717) is 12.3 Å². The molecule has 0 aliphatic rings. The summed E-state index contributed by atoms with van der Waals surface area (Å²) in [7, 11) is 1.76. The van der Waals surface area contributed by atoms with Crippen LogP contribution in [-0.4, -0.2) is 31.1 Å². The van der Waals surface area contributed by atoms with Crippen LogP contribution in [0.5, 0.6) is 5.75 Å². The SMILES string of the molecule is CNc1cc(CNC(=O)OC(C)C)ccc1OC(C)(C)C=O. The van der Waals surface area contributed by atoms with Gasteiger partial charge >= 0.3 is 6.09 Å². The Balaban J connectivity index is 2.76. The fourth-order valence-corrected chi connectivity index (χ4v) is 1.71. The molecule has 0 saturated carbocycles. The Morgan fingerprint density at radius 3 is 2.59 bits per heavy atom. The molecule has 0 unspecified atom stereocenters. The predicted molar refractivity (Wildman–Crippen MR) is 85.2 cm³/mol. The van der Waals surface area contributed by atoms with Gasteiger partial charge in [0.05, 0.1) is 11.8 Å². The molecule has 1 aromatic carbocycles. The van der Waals surface area contributed by atoms with Gasteiger partial charge in [-0.2, -0.15) is 0 Å². The van der Waals surface area contributed by atoms with Crippen LogP contribution in [-0.2, 0) is 16.1 Å². The number of rotatable bonds is 7. The van der Waals surface area contributed by atoms with Gasteiger partial charge in [-0.15, -0.1) is 0 Å². The number of alkyl carbamates (subject to hydrolysis) is 1. The molecule has 1 amide bonds. The van der Waals surface area contributed by atoms with Crippen LogP contribution in [0.15, 0.2) is 18.2 Å². The van der Waals surface area contributed by atoms with Crippen molar-refractivity contribution in [3.05, 3.63) is 23.8 Å². The van der Waals surface area contributed by atoms with Gasteiger partial charge in [0.15, 0.2) is 11.9 Å². The molecule has 6 heteroatoms. The minimum atomic E-state index is -0.896. The maximum absolute atomic E-state index is 11.5. The predicted octanol–water partition coefficient (Wildman–Crippen LogP) is 2.72. The van der Waals surface area contributed by atoms with E-state index in [9.17, 15) is 9.59 Å². The first kappa shape index (κ1) is 17.8. The Morgan fingerprint density at radius 2 is 2.05 bits per heavy atom. The van der Waals surface area contributed by atoms with Crippen LogP contribution in [0.4, 0.5) is 10.5 Å². The summed E-state index contributed by atoms with van der Waals surface area (Å²) in [5, 5.41) is 5.69. The first-order chi connectivity index (χ1) is 10.3. The third-order valence-electron chi connectivity index (χ3n) is 2.75. The largest absolute Gasteiger partial charge is 0.478 e. The highest BCUT2D eigenvalue weighted by Gasteiger charge is 2.20. The number of hydrogen-bond donors (Lipinski definition) is 2. The van der Waals surface area contributed by atoms with E-state index in [4.69, 9.17) is 9.47 Å². The molecule has 0 heterocycles. The lowest BCUT2D eigenvalue weighted by Crippen LogP contribution is -2.30. The molecule has 1 aromatic rings. The van der Waals surface area contributed by atoms with Gasteiger partial charge in [0.2, 0.25) is 0 Å². The van der Waals surface area contributed by atoms with E-state index < -0.39 is 11.7 Å². The molecular formula is C16H24N2O4. The Labute approximate surface area is 131 Å². The van der Waals surface area contributed by atoms with Gasteiger partial charge in [0.25, 0.3) is 0 Å². The molecular weight excluding hydrogens is 284 g/mol. The fraction of sp³-hybridized carbons (Fsp3) is 0.500. The number of amides is 1. The molecule has 1 rings (SSSR count). The van der Waals surface area contributed by atoms with Crippen molar-refractivity contribution in [2.75, 3.05) is 12.4 Å². The van der Waals surface area contributed by atoms with Crippen molar-refractivity contribution in [2.45, 2.75) is 45.9 Å². The summed E-state index contributed by atoms with van der Waals surface area (Å²) in [6, 6.07) is 5.44. The van der Waals surface area contributed by atoms with E-state index >= 15 is 0 Å². The van der Waals surface area contributed by atoms with Crippen molar-refractivity contribution in [1.29, 1.82) is 0 Å². The van der Waals surface area contributed by atoms with Crippen molar-refractivity contribution in [1.82, 2.24) is 5.32 Å². The number of carbonyl (C=O) groups excluding carboxylic acids is 2. The molecule has 6 nitrogen and oxygen atoms in total. The summed E-state index contributed by atoms with van der Waals surface area (Å²) in [5.74, 6) is 0.577. The standard InChI is InChI=1S/C16H24N2O4/c1-11(2)21-15(20)18-9-12-6-7-14(13(8-12)17-5)22-16(3,4)10-19/h6-8,10-11,17H,9H2,1-5H3,(H,18,20). The summed E-state index contributed by atoms with van der Waals surface area (Å²) in [4.78, 5) is 22.4. The average molecular weight is 308 g/mol. The number of benzene rings is 1. The maximum Gasteiger partial charge on any atom is 0.407 e. The molecule has 0 bridgehead atoms. The summed E-state index contributed by atoms with van der Waals surface area (Å²) in [6.07, 6.45) is 0.141. The van der Waals surface area contributed by atoms with Crippen LogP contribution in [0.25, 0.3) is 0 Å². The molecule has 0 atom stereocenters. The molecule has 0 aliphatic carbocycles. The zero-order valence-electron chi connectivity index (χ0n) is 13.7. The molecule has 122 valence electrons. The lowest BCUT2D eigenvalue weighted by molar-refractivity contribution is -0.118. The third-order valence-corrected chi connectivity index (χ3v) is 2.75. The van der Waals surface area contributed by atoms with Crippen molar-refractivity contribution in [3.63, 3.8) is 0 Å². The normalized spacial score (nSPS) is 11.0. The second-order valence-electron chi connectivity index (χ2n) is 5.71. The Morgan fingerprint density at radius 1 is 1.36 bits per heavy atom. The van der Waals surface area contributed by atoms with Crippen LogP contribution in [0.1, 0.15) is 33.3 Å². The van der Waals surface area contributed by atoms with Crippen LogP contribution in [0.3, 0.4) is 0 Å². The molecule has 0 spiro atoms. The topological polar surface area (TPSA) is 76.7 Å². The van der Waals surface area contributed by atoms with E-state index in [1.54, 1.807) is 40.8 Å². The summed E-state index contributed by atoms with van der Waals surface area (Å²) < 4.78 is 10.7. The van der Waals surface area contributed by atoms with Crippen LogP contribution >= 0.6 is 0 Å². The maximum atomic E-state index is 11.5. The van der Waals surface area contributed by atoms with Gasteiger partial charge in [-0.05, 0) is 45.4 Å². The fourth-order valence-electron chi connectivity index (χ4n) is 1.71. The van der Waals surface area contributed by atoms with Gasteiger partial charge < -0.3 is 20.1 Å². The molecule has 0 radical (unpaired) electrons. The lowest BCUT2D eigenvalue weighted by Gasteiger charge is -2.22. The van der Waals surface area contributed by atoms with Gasteiger partial charge in [-0.3, -0.25) is 4.79 Å². The monoisotopic (exact) mass is 308 g/mol. The molecule has 0 aliphatic heterocycles. The molecule has 22 heavy (non-hydrogen) atoms. The van der Waals surface area contributed by atoms with E-state index in [0.717, 1.165) is 17.5 Å². The number of nitrogens with one attached hydrogen (secondary N) is 2. The first-order valence-corrected chi connectivity index (χ1v) is 7.18. The first-order valence-electron chi connectivity index (χ1n) is 7.18. The highest BCUT2D eigenvalue weighted by Crippen LogP contribution is 2.28. The smallest absolute Gasteiger partial charge is 0.407 e. The minimum Gasteiger partial charge on any atom is -0.478 e. The van der Waals surface area contributed by atoms with Gasteiger partial charge in [0, 0.05) is 13.6 Å². The van der Waals surface area contributed by atoms with E-state index in [1.165, 1.54) is 0 Å². The Hall–Kier alpha value is -2.24. The van der Waals surface area contributed by atoms with Crippen LogP contribution in [0.2, 0.25) is 0 Å². The van der Waals surface area contributed by atoms with Crippen molar-refractivity contribution in [3.8, 4) is 5.75 Å². The Kier molecular flexibility index (Phi) is 6.22. The minimum absolute atomic E-state index is 0.158. The Bertz CT molecular complexity index is 527. The lowest BCUT2D eigenvalue weighted by atomic mass is 10.1. The van der Waals surface area contributed by atoms with Crippen molar-refractivity contribution in [2.24, 2.45) is 0 Å². The number of carbonyl (C=O) groups is 2. The summed E-state index contributed by atoms with van der Waals surface area (Å²) in [6.45, 7) is 7.31. The molecule has 0 saturated heterocycles. The third kappa shape index (κ3) is 5.63. The number of aldehydes is 1. The van der Waals surface area contributed by atoms with Crippen molar-refractivity contribution >= 4 is 18.1 Å². The second-order valence-corrected chi connectivity index (χ2v) is 5.71. The van der Waals surface area contributed by atoms with Gasteiger partial charge in [0.1, 0.15) is 5.75 Å². The quantitative estimate of drug-likeness (QED) is 0.757. The second kappa shape index (κ2) is 7.68. The molecule has 2 N–H and O–H groups in total. The number of hydrogen-bond acceptors (Lipinski definition) is 5. The van der Waals surface area contributed by atoms with Crippen LogP contribution in [0, 0.1) is 0 Å². The molecule has 0 aromatic heterocycles. The molecule has 0 fully saturated rings. The van der Waals surface area contributed by atoms with Crippen molar-refractivity contribution < 1.29 is 19.1 Å². The zero-order chi connectivity index (χ0) is 16.8. The zero-order valence-corrected chi connectivity index (χ0v) is 13.7.